The van der Waals surface area contributed by atoms with Gasteiger partial charge in [-0.25, -0.2) is 4.79 Å². The number of benzene rings is 1. The smallest absolute Gasteiger partial charge is 0.319 e. The van der Waals surface area contributed by atoms with Crippen molar-refractivity contribution in [2.45, 2.75) is 45.1 Å². The van der Waals surface area contributed by atoms with Gasteiger partial charge in [0.15, 0.2) is 0 Å². The van der Waals surface area contributed by atoms with Crippen LogP contribution in [0.3, 0.4) is 0 Å². The number of hydrogen-bond donors (Lipinski definition) is 2. The molecule has 0 unspecified atom stereocenters. The molecule has 6 heteroatoms. The summed E-state index contributed by atoms with van der Waals surface area (Å²) >= 11 is 0. The van der Waals surface area contributed by atoms with Crippen molar-refractivity contribution in [1.29, 1.82) is 0 Å². The fourth-order valence-electron chi connectivity index (χ4n) is 2.09. The van der Waals surface area contributed by atoms with Crippen LogP contribution in [0.5, 0.6) is 0 Å². The van der Waals surface area contributed by atoms with Gasteiger partial charge in [-0.1, -0.05) is 17.3 Å². The summed E-state index contributed by atoms with van der Waals surface area (Å²) in [4.78, 5) is 16.3. The molecule has 0 spiro atoms. The highest BCUT2D eigenvalue weighted by atomic mass is 16.5. The topological polar surface area (TPSA) is 80.0 Å². The third-order valence-corrected chi connectivity index (χ3v) is 3.24. The fourth-order valence-corrected chi connectivity index (χ4v) is 2.09. The van der Waals surface area contributed by atoms with Crippen LogP contribution in [0.15, 0.2) is 28.8 Å². The summed E-state index contributed by atoms with van der Waals surface area (Å²) in [7, 11) is 0. The van der Waals surface area contributed by atoms with E-state index >= 15 is 0 Å². The Balaban J connectivity index is 1.72. The normalized spacial score (nSPS) is 14.7. The van der Waals surface area contributed by atoms with E-state index in [-0.39, 0.29) is 11.6 Å². The van der Waals surface area contributed by atoms with Gasteiger partial charge in [-0.05, 0) is 45.7 Å². The van der Waals surface area contributed by atoms with Crippen molar-refractivity contribution in [2.24, 2.45) is 0 Å². The van der Waals surface area contributed by atoms with Gasteiger partial charge in [0.1, 0.15) is 0 Å². The van der Waals surface area contributed by atoms with Crippen LogP contribution in [0.2, 0.25) is 0 Å². The zero-order valence-electron chi connectivity index (χ0n) is 13.0. The fraction of sp³-hybridized carbons (Fsp3) is 0.438. The number of carbonyl (C=O) groups is 1. The molecule has 0 aliphatic heterocycles. The quantitative estimate of drug-likeness (QED) is 0.908. The maximum absolute atomic E-state index is 11.9. The molecule has 1 aromatic heterocycles. The van der Waals surface area contributed by atoms with Crippen molar-refractivity contribution >= 4 is 11.7 Å². The van der Waals surface area contributed by atoms with Crippen molar-refractivity contribution in [3.05, 3.63) is 30.2 Å². The second-order valence-corrected chi connectivity index (χ2v) is 6.64. The van der Waals surface area contributed by atoms with Crippen LogP contribution in [0, 0.1) is 0 Å². The van der Waals surface area contributed by atoms with Crippen LogP contribution < -0.4 is 10.6 Å². The van der Waals surface area contributed by atoms with E-state index in [4.69, 9.17) is 4.52 Å². The van der Waals surface area contributed by atoms with E-state index in [9.17, 15) is 4.79 Å². The van der Waals surface area contributed by atoms with Crippen molar-refractivity contribution < 1.29 is 9.32 Å². The van der Waals surface area contributed by atoms with Gasteiger partial charge in [-0.2, -0.15) is 4.98 Å². The zero-order valence-corrected chi connectivity index (χ0v) is 13.0. The molecule has 0 atom stereocenters. The van der Waals surface area contributed by atoms with Crippen molar-refractivity contribution in [3.63, 3.8) is 0 Å². The Morgan fingerprint density at radius 2 is 2.09 bits per heavy atom. The molecule has 2 aromatic rings. The van der Waals surface area contributed by atoms with Gasteiger partial charge in [-0.15, -0.1) is 0 Å². The van der Waals surface area contributed by atoms with E-state index in [1.54, 1.807) is 0 Å². The highest BCUT2D eigenvalue weighted by Gasteiger charge is 2.29. The van der Waals surface area contributed by atoms with E-state index in [1.165, 1.54) is 0 Å². The van der Waals surface area contributed by atoms with Crippen LogP contribution in [0.25, 0.3) is 11.4 Å². The molecule has 22 heavy (non-hydrogen) atoms. The summed E-state index contributed by atoms with van der Waals surface area (Å²) in [5.74, 6) is 1.70. The van der Waals surface area contributed by atoms with E-state index in [2.05, 4.69) is 20.8 Å². The van der Waals surface area contributed by atoms with Crippen molar-refractivity contribution in [3.8, 4) is 11.4 Å². The summed E-state index contributed by atoms with van der Waals surface area (Å²) in [5.41, 5.74) is 1.23. The number of amides is 2. The molecular formula is C16H20N4O2. The van der Waals surface area contributed by atoms with Gasteiger partial charge in [0, 0.05) is 22.7 Å². The van der Waals surface area contributed by atoms with E-state index < -0.39 is 0 Å². The SMILES string of the molecule is CC(C)(C)NC(=O)Nc1cccc(-c2noc(C3CC3)n2)c1. The van der Waals surface area contributed by atoms with E-state index in [0.717, 1.165) is 18.4 Å². The van der Waals surface area contributed by atoms with Gasteiger partial charge in [0.2, 0.25) is 11.7 Å². The highest BCUT2D eigenvalue weighted by Crippen LogP contribution is 2.39. The molecule has 2 N–H and O–H groups in total. The lowest BCUT2D eigenvalue weighted by Gasteiger charge is -2.20. The average molecular weight is 300 g/mol. The molecule has 3 rings (SSSR count). The molecule has 1 aliphatic rings. The molecule has 0 saturated heterocycles. The molecular weight excluding hydrogens is 280 g/mol. The van der Waals surface area contributed by atoms with Crippen LogP contribution in [0.4, 0.5) is 10.5 Å². The maximum atomic E-state index is 11.9. The second-order valence-electron chi connectivity index (χ2n) is 6.64. The predicted octanol–water partition coefficient (Wildman–Crippen LogP) is 3.53. The number of rotatable bonds is 3. The number of hydrogen-bond acceptors (Lipinski definition) is 4. The third kappa shape index (κ3) is 3.63. The first kappa shape index (κ1) is 14.6. The Kier molecular flexibility index (Phi) is 3.60. The van der Waals surface area contributed by atoms with Crippen LogP contribution in [-0.4, -0.2) is 21.7 Å². The minimum absolute atomic E-state index is 0.239. The summed E-state index contributed by atoms with van der Waals surface area (Å²) in [6, 6.07) is 7.18. The molecule has 1 aliphatic carbocycles. The number of urea groups is 1. The first-order valence-electron chi connectivity index (χ1n) is 7.44. The Hall–Kier alpha value is -2.37. The van der Waals surface area contributed by atoms with Gasteiger partial charge < -0.3 is 15.2 Å². The first-order valence-corrected chi connectivity index (χ1v) is 7.44. The van der Waals surface area contributed by atoms with Gasteiger partial charge in [-0.3, -0.25) is 0 Å². The lowest BCUT2D eigenvalue weighted by Crippen LogP contribution is -2.43. The molecule has 6 nitrogen and oxygen atoms in total. The molecule has 1 aromatic carbocycles. The summed E-state index contributed by atoms with van der Waals surface area (Å²) in [6.07, 6.45) is 2.24. The Bertz CT molecular complexity index is 683. The predicted molar refractivity (Wildman–Crippen MR) is 83.6 cm³/mol. The molecule has 0 bridgehead atoms. The largest absolute Gasteiger partial charge is 0.339 e. The highest BCUT2D eigenvalue weighted by molar-refractivity contribution is 5.90. The summed E-state index contributed by atoms with van der Waals surface area (Å²) in [5, 5.41) is 9.68. The second kappa shape index (κ2) is 5.44. The third-order valence-electron chi connectivity index (χ3n) is 3.24. The number of anilines is 1. The molecule has 1 heterocycles. The molecule has 2 amide bonds. The van der Waals surface area contributed by atoms with E-state index in [0.29, 0.717) is 23.3 Å². The van der Waals surface area contributed by atoms with Gasteiger partial charge >= 0.3 is 6.03 Å². The van der Waals surface area contributed by atoms with Crippen LogP contribution >= 0.6 is 0 Å². The van der Waals surface area contributed by atoms with Crippen molar-refractivity contribution in [1.82, 2.24) is 15.5 Å². The lowest BCUT2D eigenvalue weighted by atomic mass is 10.1. The summed E-state index contributed by atoms with van der Waals surface area (Å²) in [6.45, 7) is 5.80. The average Bonchev–Trinajstić information content (AvgIpc) is 3.14. The Labute approximate surface area is 129 Å². The maximum Gasteiger partial charge on any atom is 0.319 e. The Morgan fingerprint density at radius 1 is 1.32 bits per heavy atom. The van der Waals surface area contributed by atoms with E-state index in [1.807, 2.05) is 45.0 Å². The number of nitrogens with zero attached hydrogens (tertiary/aromatic N) is 2. The lowest BCUT2D eigenvalue weighted by molar-refractivity contribution is 0.244. The first-order chi connectivity index (χ1) is 10.4. The number of carbonyl (C=O) groups excluding carboxylic acids is 1. The monoisotopic (exact) mass is 300 g/mol. The molecule has 1 saturated carbocycles. The minimum Gasteiger partial charge on any atom is -0.339 e. The molecule has 0 radical (unpaired) electrons. The molecule has 1 fully saturated rings. The minimum atomic E-state index is -0.283. The Morgan fingerprint density at radius 3 is 2.77 bits per heavy atom. The standard InChI is InChI=1S/C16H20N4O2/c1-16(2,3)19-15(21)17-12-6-4-5-11(9-12)13-18-14(22-20-13)10-7-8-10/h4-6,9-10H,7-8H2,1-3H3,(H2,17,19,21). The van der Waals surface area contributed by atoms with Crippen molar-refractivity contribution in [2.75, 3.05) is 5.32 Å². The number of aromatic nitrogens is 2. The van der Waals surface area contributed by atoms with Gasteiger partial charge in [0.25, 0.3) is 0 Å². The molecule has 116 valence electrons. The van der Waals surface area contributed by atoms with Gasteiger partial charge in [0.05, 0.1) is 0 Å². The summed E-state index contributed by atoms with van der Waals surface area (Å²) < 4.78 is 5.27. The van der Waals surface area contributed by atoms with Crippen LogP contribution in [-0.2, 0) is 0 Å². The zero-order chi connectivity index (χ0) is 15.7. The number of nitrogens with one attached hydrogen (secondary N) is 2. The van der Waals surface area contributed by atoms with Crippen LogP contribution in [0.1, 0.15) is 45.4 Å².